The summed E-state index contributed by atoms with van der Waals surface area (Å²) in [5, 5.41) is 0. The highest BCUT2D eigenvalue weighted by atomic mass is 16.3. The van der Waals surface area contributed by atoms with Crippen molar-refractivity contribution in [3.05, 3.63) is 23.7 Å². The van der Waals surface area contributed by atoms with Gasteiger partial charge in [-0.25, -0.2) is 0 Å². The van der Waals surface area contributed by atoms with E-state index in [-0.39, 0.29) is 5.91 Å². The standard InChI is InChI=1S/C14H22N2O2/c1-2-13-12(6-9-18-13)14(17)16-8-3-4-11(10-16)5-7-15/h6,9,11H,2-5,7-8,10,15H2,1H3. The van der Waals surface area contributed by atoms with Crippen LogP contribution in [0, 0.1) is 5.92 Å². The minimum atomic E-state index is 0.113. The second-order valence-corrected chi connectivity index (χ2v) is 4.95. The zero-order chi connectivity index (χ0) is 13.0. The Bertz CT molecular complexity index is 398. The van der Waals surface area contributed by atoms with Gasteiger partial charge in [0.15, 0.2) is 0 Å². The molecule has 1 aliphatic rings. The summed E-state index contributed by atoms with van der Waals surface area (Å²) in [6, 6.07) is 1.79. The van der Waals surface area contributed by atoms with E-state index in [1.54, 1.807) is 12.3 Å². The second kappa shape index (κ2) is 6.05. The molecule has 4 heteroatoms. The van der Waals surface area contributed by atoms with Gasteiger partial charge in [-0.3, -0.25) is 4.79 Å². The van der Waals surface area contributed by atoms with Gasteiger partial charge >= 0.3 is 0 Å². The lowest BCUT2D eigenvalue weighted by Gasteiger charge is -2.32. The maximum atomic E-state index is 12.4. The minimum Gasteiger partial charge on any atom is -0.469 e. The number of carbonyl (C=O) groups is 1. The van der Waals surface area contributed by atoms with E-state index in [0.29, 0.717) is 12.5 Å². The van der Waals surface area contributed by atoms with E-state index >= 15 is 0 Å². The van der Waals surface area contributed by atoms with Crippen LogP contribution >= 0.6 is 0 Å². The summed E-state index contributed by atoms with van der Waals surface area (Å²) in [5.41, 5.74) is 6.33. The molecule has 0 aromatic carbocycles. The molecule has 2 heterocycles. The Labute approximate surface area is 108 Å². The Morgan fingerprint density at radius 3 is 3.17 bits per heavy atom. The van der Waals surface area contributed by atoms with Crippen molar-refractivity contribution in [1.82, 2.24) is 4.90 Å². The van der Waals surface area contributed by atoms with Crippen molar-refractivity contribution < 1.29 is 9.21 Å². The van der Waals surface area contributed by atoms with Crippen LogP contribution in [0.5, 0.6) is 0 Å². The minimum absolute atomic E-state index is 0.113. The first-order valence-electron chi connectivity index (χ1n) is 6.82. The van der Waals surface area contributed by atoms with Gasteiger partial charge in [0, 0.05) is 19.5 Å². The topological polar surface area (TPSA) is 59.5 Å². The van der Waals surface area contributed by atoms with Gasteiger partial charge in [0.25, 0.3) is 5.91 Å². The number of amides is 1. The van der Waals surface area contributed by atoms with Crippen LogP contribution in [0.3, 0.4) is 0 Å². The van der Waals surface area contributed by atoms with Crippen molar-refractivity contribution in [2.24, 2.45) is 11.7 Å². The Morgan fingerprint density at radius 2 is 2.44 bits per heavy atom. The highest BCUT2D eigenvalue weighted by Gasteiger charge is 2.26. The first-order chi connectivity index (χ1) is 8.76. The summed E-state index contributed by atoms with van der Waals surface area (Å²) < 4.78 is 5.33. The number of hydrogen-bond donors (Lipinski definition) is 1. The van der Waals surface area contributed by atoms with E-state index in [9.17, 15) is 4.79 Å². The van der Waals surface area contributed by atoms with Gasteiger partial charge in [-0.05, 0) is 37.8 Å². The van der Waals surface area contributed by atoms with Crippen LogP contribution in [0.15, 0.2) is 16.7 Å². The zero-order valence-electron chi connectivity index (χ0n) is 11.0. The Hall–Kier alpha value is -1.29. The van der Waals surface area contributed by atoms with Crippen LogP contribution in [-0.2, 0) is 6.42 Å². The van der Waals surface area contributed by atoms with Crippen molar-refractivity contribution in [2.75, 3.05) is 19.6 Å². The first-order valence-corrected chi connectivity index (χ1v) is 6.82. The Morgan fingerprint density at radius 1 is 1.61 bits per heavy atom. The van der Waals surface area contributed by atoms with Crippen LogP contribution in [0.1, 0.15) is 42.3 Å². The molecule has 100 valence electrons. The molecule has 0 saturated carbocycles. The Balaban J connectivity index is 2.04. The second-order valence-electron chi connectivity index (χ2n) is 4.95. The number of carbonyl (C=O) groups excluding carboxylic acids is 1. The monoisotopic (exact) mass is 250 g/mol. The maximum absolute atomic E-state index is 12.4. The van der Waals surface area contributed by atoms with Gasteiger partial charge in [0.1, 0.15) is 5.76 Å². The van der Waals surface area contributed by atoms with E-state index in [1.165, 1.54) is 6.42 Å². The third kappa shape index (κ3) is 2.75. The molecule has 0 bridgehead atoms. The predicted molar refractivity (Wildman–Crippen MR) is 70.4 cm³/mol. The molecule has 0 radical (unpaired) electrons. The number of aryl methyl sites for hydroxylation is 1. The van der Waals surface area contributed by atoms with Gasteiger partial charge in [-0.15, -0.1) is 0 Å². The lowest BCUT2D eigenvalue weighted by atomic mass is 9.94. The van der Waals surface area contributed by atoms with Crippen LogP contribution in [0.25, 0.3) is 0 Å². The number of furan rings is 1. The van der Waals surface area contributed by atoms with Gasteiger partial charge in [-0.1, -0.05) is 6.92 Å². The number of nitrogens with two attached hydrogens (primary N) is 1. The number of rotatable bonds is 4. The molecule has 4 nitrogen and oxygen atoms in total. The summed E-state index contributed by atoms with van der Waals surface area (Å²) in [6.07, 6.45) is 5.64. The maximum Gasteiger partial charge on any atom is 0.257 e. The van der Waals surface area contributed by atoms with Gasteiger partial charge in [0.2, 0.25) is 0 Å². The third-order valence-electron chi connectivity index (χ3n) is 3.68. The molecule has 1 saturated heterocycles. The molecular weight excluding hydrogens is 228 g/mol. The SMILES string of the molecule is CCc1occc1C(=O)N1CCCC(CCN)C1. The van der Waals surface area contributed by atoms with Crippen molar-refractivity contribution in [2.45, 2.75) is 32.6 Å². The van der Waals surface area contributed by atoms with Crippen LogP contribution in [0.2, 0.25) is 0 Å². The highest BCUT2D eigenvalue weighted by Crippen LogP contribution is 2.22. The zero-order valence-corrected chi connectivity index (χ0v) is 11.0. The normalized spacial score (nSPS) is 20.1. The van der Waals surface area contributed by atoms with E-state index in [1.807, 2.05) is 11.8 Å². The molecule has 1 unspecified atom stereocenters. The Kier molecular flexibility index (Phi) is 4.42. The van der Waals surface area contributed by atoms with E-state index in [4.69, 9.17) is 10.2 Å². The molecule has 2 N–H and O–H groups in total. The quantitative estimate of drug-likeness (QED) is 0.889. The molecule has 1 atom stereocenters. The highest BCUT2D eigenvalue weighted by molar-refractivity contribution is 5.95. The lowest BCUT2D eigenvalue weighted by molar-refractivity contribution is 0.0667. The lowest BCUT2D eigenvalue weighted by Crippen LogP contribution is -2.40. The van der Waals surface area contributed by atoms with E-state index in [0.717, 1.165) is 43.7 Å². The molecule has 1 amide bonds. The number of likely N-dealkylation sites (tertiary alicyclic amines) is 1. The predicted octanol–water partition coefficient (Wildman–Crippen LogP) is 2.04. The molecule has 2 rings (SSSR count). The number of piperidine rings is 1. The van der Waals surface area contributed by atoms with Crippen molar-refractivity contribution in [3.8, 4) is 0 Å². The van der Waals surface area contributed by atoms with Gasteiger partial charge < -0.3 is 15.1 Å². The van der Waals surface area contributed by atoms with Gasteiger partial charge in [-0.2, -0.15) is 0 Å². The van der Waals surface area contributed by atoms with E-state index < -0.39 is 0 Å². The third-order valence-corrected chi connectivity index (χ3v) is 3.68. The molecule has 0 aliphatic carbocycles. The number of nitrogens with zero attached hydrogens (tertiary/aromatic N) is 1. The molecule has 1 fully saturated rings. The largest absolute Gasteiger partial charge is 0.469 e. The van der Waals surface area contributed by atoms with Crippen LogP contribution < -0.4 is 5.73 Å². The smallest absolute Gasteiger partial charge is 0.257 e. The molecule has 0 spiro atoms. The first kappa shape index (κ1) is 13.1. The molecular formula is C14H22N2O2. The average molecular weight is 250 g/mol. The van der Waals surface area contributed by atoms with Crippen molar-refractivity contribution in [1.29, 1.82) is 0 Å². The molecule has 1 aromatic rings. The van der Waals surface area contributed by atoms with Crippen LogP contribution in [-0.4, -0.2) is 30.4 Å². The van der Waals surface area contributed by atoms with Crippen LogP contribution in [0.4, 0.5) is 0 Å². The summed E-state index contributed by atoms with van der Waals surface area (Å²) in [4.78, 5) is 14.4. The summed E-state index contributed by atoms with van der Waals surface area (Å²) >= 11 is 0. The molecule has 1 aromatic heterocycles. The van der Waals surface area contributed by atoms with Gasteiger partial charge in [0.05, 0.1) is 11.8 Å². The number of hydrogen-bond acceptors (Lipinski definition) is 3. The van der Waals surface area contributed by atoms with Crippen molar-refractivity contribution >= 4 is 5.91 Å². The summed E-state index contributed by atoms with van der Waals surface area (Å²) in [7, 11) is 0. The average Bonchev–Trinajstić information content (AvgIpc) is 2.87. The molecule has 18 heavy (non-hydrogen) atoms. The molecule has 1 aliphatic heterocycles. The van der Waals surface area contributed by atoms with E-state index in [2.05, 4.69) is 0 Å². The fourth-order valence-corrected chi connectivity index (χ4v) is 2.70. The summed E-state index contributed by atoms with van der Waals surface area (Å²) in [6.45, 7) is 4.40. The van der Waals surface area contributed by atoms with Crippen molar-refractivity contribution in [3.63, 3.8) is 0 Å². The fourth-order valence-electron chi connectivity index (χ4n) is 2.70. The summed E-state index contributed by atoms with van der Waals surface area (Å²) in [5.74, 6) is 1.47. The fraction of sp³-hybridized carbons (Fsp3) is 0.643.